The fraction of sp³-hybridized carbons (Fsp3) is 0.586. The molecule has 0 radical (unpaired) electrons. The maximum atomic E-state index is 13.7. The van der Waals surface area contributed by atoms with Crippen LogP contribution in [0, 0.1) is 5.92 Å². The summed E-state index contributed by atoms with van der Waals surface area (Å²) in [7, 11) is 5.87. The van der Waals surface area contributed by atoms with Gasteiger partial charge in [0.1, 0.15) is 0 Å². The zero-order valence-corrected chi connectivity index (χ0v) is 22.9. The quantitative estimate of drug-likeness (QED) is 0.535. The second-order valence-electron chi connectivity index (χ2n) is 11.4. The lowest BCUT2D eigenvalue weighted by Gasteiger charge is -2.51. The third-order valence-electron chi connectivity index (χ3n) is 9.13. The van der Waals surface area contributed by atoms with Gasteiger partial charge >= 0.3 is 6.03 Å². The van der Waals surface area contributed by atoms with E-state index < -0.39 is 0 Å². The van der Waals surface area contributed by atoms with Crippen molar-refractivity contribution in [3.05, 3.63) is 48.0 Å². The summed E-state index contributed by atoms with van der Waals surface area (Å²) in [5.41, 5.74) is 1.16. The molecule has 1 aliphatic heterocycles. The molecule has 3 aliphatic rings. The Hall–Kier alpha value is -3.20. The van der Waals surface area contributed by atoms with Crippen molar-refractivity contribution in [2.45, 2.75) is 62.4 Å². The smallest absolute Gasteiger partial charge is 0.320 e. The molecule has 2 aliphatic carbocycles. The van der Waals surface area contributed by atoms with E-state index in [2.05, 4.69) is 69.7 Å². The molecule has 0 bridgehead atoms. The van der Waals surface area contributed by atoms with Gasteiger partial charge in [0, 0.05) is 37.7 Å². The van der Waals surface area contributed by atoms with E-state index in [9.17, 15) is 9.59 Å². The fourth-order valence-electron chi connectivity index (χ4n) is 6.50. The van der Waals surface area contributed by atoms with Crippen LogP contribution in [0.4, 0.5) is 10.6 Å². The van der Waals surface area contributed by atoms with E-state index in [-0.39, 0.29) is 29.4 Å². The number of nitrogens with zero attached hydrogens (tertiary/aromatic N) is 5. The highest BCUT2D eigenvalue weighted by Gasteiger charge is 2.54. The van der Waals surface area contributed by atoms with E-state index in [1.807, 2.05) is 4.90 Å². The minimum absolute atomic E-state index is 0.0234. The molecule has 204 valence electrons. The summed E-state index contributed by atoms with van der Waals surface area (Å²) < 4.78 is 5.02. The standard InChI is InChI=1S/C29H40N6O3/c1-33(2)29(23-10-5-4-6-11-23)17-15-28(16-18-29)21-34(27(37)35(28)20-22-8-7-9-22)19-14-25(36)30-24-12-13-26(38-3)32-31-24/h4-6,10-13,22H,7-9,14-21H2,1-3H3,(H,30,31,36). The highest BCUT2D eigenvalue weighted by Crippen LogP contribution is 2.49. The molecule has 9 nitrogen and oxygen atoms in total. The molecule has 5 rings (SSSR count). The van der Waals surface area contributed by atoms with E-state index in [1.165, 1.54) is 31.9 Å². The minimum Gasteiger partial charge on any atom is -0.480 e. The molecule has 0 unspecified atom stereocenters. The molecule has 2 aromatic rings. The van der Waals surface area contributed by atoms with Gasteiger partial charge in [0.2, 0.25) is 11.8 Å². The Balaban J connectivity index is 1.27. The second-order valence-corrected chi connectivity index (χ2v) is 11.4. The maximum absolute atomic E-state index is 13.7. The van der Waals surface area contributed by atoms with Gasteiger partial charge in [-0.05, 0) is 70.2 Å². The molecule has 9 heteroatoms. The van der Waals surface area contributed by atoms with Gasteiger partial charge in [-0.15, -0.1) is 10.2 Å². The third-order valence-corrected chi connectivity index (χ3v) is 9.13. The van der Waals surface area contributed by atoms with Crippen LogP contribution < -0.4 is 10.1 Å². The number of carbonyl (C=O) groups is 2. The van der Waals surface area contributed by atoms with Crippen LogP contribution in [-0.2, 0) is 10.3 Å². The summed E-state index contributed by atoms with van der Waals surface area (Å²) >= 11 is 0. The predicted octanol–water partition coefficient (Wildman–Crippen LogP) is 4.12. The van der Waals surface area contributed by atoms with Gasteiger partial charge in [-0.2, -0.15) is 0 Å². The lowest BCUT2D eigenvalue weighted by atomic mass is 9.68. The second kappa shape index (κ2) is 10.9. The van der Waals surface area contributed by atoms with Crippen LogP contribution in [-0.4, -0.2) is 83.2 Å². The van der Waals surface area contributed by atoms with Gasteiger partial charge in [-0.1, -0.05) is 36.8 Å². The Morgan fingerprint density at radius 1 is 1.08 bits per heavy atom. The summed E-state index contributed by atoms with van der Waals surface area (Å²) in [6, 6.07) is 14.2. The predicted molar refractivity (Wildman–Crippen MR) is 146 cm³/mol. The van der Waals surface area contributed by atoms with E-state index in [4.69, 9.17) is 4.74 Å². The average molecular weight is 521 g/mol. The topological polar surface area (TPSA) is 90.9 Å². The lowest BCUT2D eigenvalue weighted by Crippen LogP contribution is -2.56. The van der Waals surface area contributed by atoms with Crippen molar-refractivity contribution in [1.29, 1.82) is 0 Å². The van der Waals surface area contributed by atoms with Crippen molar-refractivity contribution in [3.63, 3.8) is 0 Å². The molecule has 1 saturated heterocycles. The number of amides is 3. The lowest BCUT2D eigenvalue weighted by molar-refractivity contribution is -0.116. The van der Waals surface area contributed by atoms with Crippen molar-refractivity contribution in [1.82, 2.24) is 24.9 Å². The van der Waals surface area contributed by atoms with E-state index in [0.29, 0.717) is 30.7 Å². The van der Waals surface area contributed by atoms with Gasteiger partial charge in [0.05, 0.1) is 12.6 Å². The van der Waals surface area contributed by atoms with Crippen molar-refractivity contribution in [2.75, 3.05) is 46.2 Å². The largest absolute Gasteiger partial charge is 0.480 e. The summed E-state index contributed by atoms with van der Waals surface area (Å²) in [6.07, 6.45) is 7.82. The first kappa shape index (κ1) is 26.4. The molecule has 2 saturated carbocycles. The molecule has 1 spiro atoms. The van der Waals surface area contributed by atoms with Crippen LogP contribution in [0.15, 0.2) is 42.5 Å². The van der Waals surface area contributed by atoms with Crippen molar-refractivity contribution >= 4 is 17.8 Å². The van der Waals surface area contributed by atoms with Crippen molar-refractivity contribution < 1.29 is 14.3 Å². The summed E-state index contributed by atoms with van der Waals surface area (Å²) in [4.78, 5) is 32.9. The Labute approximate surface area is 225 Å². The van der Waals surface area contributed by atoms with Gasteiger partial charge in [-0.25, -0.2) is 4.79 Å². The number of methoxy groups -OCH3 is 1. The number of carbonyl (C=O) groups excluding carboxylic acids is 2. The van der Waals surface area contributed by atoms with Gasteiger partial charge < -0.3 is 19.9 Å². The summed E-state index contributed by atoms with van der Waals surface area (Å²) in [5.74, 6) is 1.19. The van der Waals surface area contributed by atoms with Gasteiger partial charge in [0.15, 0.2) is 5.82 Å². The SMILES string of the molecule is COc1ccc(NC(=O)CCN2CC3(CCC(c4ccccc4)(N(C)C)CC3)N(CC3CCC3)C2=O)nn1. The van der Waals surface area contributed by atoms with Crippen LogP contribution in [0.3, 0.4) is 0 Å². The third kappa shape index (κ3) is 5.08. The zero-order chi connectivity index (χ0) is 26.8. The number of hydrogen-bond acceptors (Lipinski definition) is 6. The normalized spacial score (nSPS) is 25.6. The number of anilines is 1. The molecule has 38 heavy (non-hydrogen) atoms. The van der Waals surface area contributed by atoms with Gasteiger partial charge in [-0.3, -0.25) is 9.69 Å². The Morgan fingerprint density at radius 2 is 1.82 bits per heavy atom. The summed E-state index contributed by atoms with van der Waals surface area (Å²) in [6.45, 7) is 1.92. The molecule has 1 N–H and O–H groups in total. The first-order valence-electron chi connectivity index (χ1n) is 13.8. The van der Waals surface area contributed by atoms with Gasteiger partial charge in [0.25, 0.3) is 0 Å². The van der Waals surface area contributed by atoms with Crippen LogP contribution in [0.1, 0.15) is 56.9 Å². The average Bonchev–Trinajstić information content (AvgIpc) is 3.16. The highest BCUT2D eigenvalue weighted by atomic mass is 16.5. The van der Waals surface area contributed by atoms with Crippen molar-refractivity contribution in [2.24, 2.45) is 5.92 Å². The number of urea groups is 1. The number of nitrogens with one attached hydrogen (secondary N) is 1. The highest BCUT2D eigenvalue weighted by molar-refractivity contribution is 5.90. The summed E-state index contributed by atoms with van der Waals surface area (Å²) in [5, 5.41) is 10.6. The van der Waals surface area contributed by atoms with E-state index in [1.54, 1.807) is 12.1 Å². The molecular weight excluding hydrogens is 480 g/mol. The van der Waals surface area contributed by atoms with E-state index in [0.717, 1.165) is 32.2 Å². The van der Waals surface area contributed by atoms with Crippen LogP contribution >= 0.6 is 0 Å². The number of rotatable bonds is 9. The molecule has 3 fully saturated rings. The van der Waals surface area contributed by atoms with Crippen LogP contribution in [0.2, 0.25) is 0 Å². The Kier molecular flexibility index (Phi) is 7.56. The first-order valence-corrected chi connectivity index (χ1v) is 13.8. The molecule has 0 atom stereocenters. The van der Waals surface area contributed by atoms with E-state index >= 15 is 0 Å². The number of hydrogen-bond donors (Lipinski definition) is 1. The minimum atomic E-state index is -0.178. The molecule has 3 amide bonds. The maximum Gasteiger partial charge on any atom is 0.320 e. The van der Waals surface area contributed by atoms with Crippen LogP contribution in [0.25, 0.3) is 0 Å². The molecule has 1 aromatic carbocycles. The molecule has 1 aromatic heterocycles. The number of benzene rings is 1. The molecule has 2 heterocycles. The Morgan fingerprint density at radius 3 is 2.39 bits per heavy atom. The van der Waals surface area contributed by atoms with Crippen molar-refractivity contribution in [3.8, 4) is 5.88 Å². The van der Waals surface area contributed by atoms with Crippen LogP contribution in [0.5, 0.6) is 5.88 Å². The Bertz CT molecular complexity index is 1110. The first-order chi connectivity index (χ1) is 18.3. The monoisotopic (exact) mass is 520 g/mol. The fourth-order valence-corrected chi connectivity index (χ4v) is 6.50. The number of ether oxygens (including phenoxy) is 1. The molecular formula is C29H40N6O3. The zero-order valence-electron chi connectivity index (χ0n) is 22.9. The number of aromatic nitrogens is 2.